The van der Waals surface area contributed by atoms with Gasteiger partial charge >= 0.3 is 0 Å². The molecular formula is C11H13BrN4S. The molecule has 0 aliphatic heterocycles. The Morgan fingerprint density at radius 2 is 2.35 bits per heavy atom. The third-order valence-corrected chi connectivity index (χ3v) is 3.90. The van der Waals surface area contributed by atoms with Gasteiger partial charge in [0.05, 0.1) is 28.1 Å². The molecule has 0 saturated carbocycles. The van der Waals surface area contributed by atoms with Gasteiger partial charge in [0.2, 0.25) is 0 Å². The quantitative estimate of drug-likeness (QED) is 0.907. The zero-order chi connectivity index (χ0) is 12.3. The van der Waals surface area contributed by atoms with E-state index in [-0.39, 0.29) is 6.04 Å². The first kappa shape index (κ1) is 12.3. The fourth-order valence-corrected chi connectivity index (χ4v) is 2.76. The average Bonchev–Trinajstić information content (AvgIpc) is 2.82. The van der Waals surface area contributed by atoms with Crippen molar-refractivity contribution in [1.82, 2.24) is 9.97 Å². The Morgan fingerprint density at radius 1 is 1.53 bits per heavy atom. The van der Waals surface area contributed by atoms with Crippen molar-refractivity contribution in [2.24, 2.45) is 0 Å². The Balaban J connectivity index is 2.25. The zero-order valence-electron chi connectivity index (χ0n) is 9.35. The van der Waals surface area contributed by atoms with E-state index in [0.29, 0.717) is 5.69 Å². The zero-order valence-corrected chi connectivity index (χ0v) is 11.8. The van der Waals surface area contributed by atoms with E-state index in [2.05, 4.69) is 38.1 Å². The number of rotatable bonds is 4. The van der Waals surface area contributed by atoms with Crippen LogP contribution in [0.3, 0.4) is 0 Å². The summed E-state index contributed by atoms with van der Waals surface area (Å²) in [4.78, 5) is 8.34. The first-order valence-corrected chi connectivity index (χ1v) is 6.94. The van der Waals surface area contributed by atoms with Gasteiger partial charge in [0.1, 0.15) is 5.01 Å². The molecule has 0 aliphatic carbocycles. The van der Waals surface area contributed by atoms with E-state index in [1.807, 2.05) is 11.6 Å². The van der Waals surface area contributed by atoms with Gasteiger partial charge in [-0.3, -0.25) is 4.98 Å². The van der Waals surface area contributed by atoms with Crippen LogP contribution in [0.2, 0.25) is 0 Å². The minimum absolute atomic E-state index is 0.177. The molecule has 1 atom stereocenters. The second kappa shape index (κ2) is 5.46. The van der Waals surface area contributed by atoms with E-state index in [4.69, 9.17) is 5.73 Å². The Bertz CT molecular complexity index is 466. The van der Waals surface area contributed by atoms with Crippen LogP contribution in [0.1, 0.15) is 24.4 Å². The van der Waals surface area contributed by atoms with Crippen LogP contribution in [-0.4, -0.2) is 9.97 Å². The largest absolute Gasteiger partial charge is 0.396 e. The van der Waals surface area contributed by atoms with Crippen LogP contribution in [0.15, 0.2) is 28.4 Å². The maximum absolute atomic E-state index is 5.91. The molecule has 0 aromatic carbocycles. The SMILES string of the molecule is CCC(Nc1c(N)cncc1Br)c1nccs1. The molecule has 0 bridgehead atoms. The van der Waals surface area contributed by atoms with Crippen molar-refractivity contribution in [1.29, 1.82) is 0 Å². The fourth-order valence-electron chi connectivity index (χ4n) is 1.52. The van der Waals surface area contributed by atoms with Crippen LogP contribution in [-0.2, 0) is 0 Å². The number of pyridine rings is 1. The number of nitrogens with two attached hydrogens (primary N) is 1. The summed E-state index contributed by atoms with van der Waals surface area (Å²) in [5, 5.41) is 6.45. The molecule has 17 heavy (non-hydrogen) atoms. The van der Waals surface area contributed by atoms with Gasteiger partial charge in [-0.25, -0.2) is 4.98 Å². The smallest absolute Gasteiger partial charge is 0.115 e. The van der Waals surface area contributed by atoms with Gasteiger partial charge in [-0.15, -0.1) is 11.3 Å². The topological polar surface area (TPSA) is 63.8 Å². The maximum Gasteiger partial charge on any atom is 0.115 e. The number of aromatic nitrogens is 2. The fraction of sp³-hybridized carbons (Fsp3) is 0.273. The van der Waals surface area contributed by atoms with Crippen LogP contribution in [0.4, 0.5) is 11.4 Å². The Labute approximate surface area is 112 Å². The van der Waals surface area contributed by atoms with Gasteiger partial charge in [0.25, 0.3) is 0 Å². The molecule has 2 aromatic heterocycles. The maximum atomic E-state index is 5.91. The van der Waals surface area contributed by atoms with Crippen molar-refractivity contribution < 1.29 is 0 Å². The van der Waals surface area contributed by atoms with Crippen molar-refractivity contribution in [2.45, 2.75) is 19.4 Å². The molecular weight excluding hydrogens is 300 g/mol. The predicted molar refractivity (Wildman–Crippen MR) is 75.1 cm³/mol. The normalized spacial score (nSPS) is 12.4. The molecule has 3 N–H and O–H groups in total. The summed E-state index contributed by atoms with van der Waals surface area (Å²) in [7, 11) is 0. The molecule has 0 aliphatic rings. The van der Waals surface area contributed by atoms with E-state index in [1.165, 1.54) is 0 Å². The van der Waals surface area contributed by atoms with E-state index >= 15 is 0 Å². The molecule has 0 saturated heterocycles. The average molecular weight is 313 g/mol. The van der Waals surface area contributed by atoms with E-state index in [1.54, 1.807) is 23.7 Å². The molecule has 0 spiro atoms. The Morgan fingerprint density at radius 3 is 2.94 bits per heavy atom. The number of nitrogen functional groups attached to an aromatic ring is 1. The van der Waals surface area contributed by atoms with E-state index < -0.39 is 0 Å². The summed E-state index contributed by atoms with van der Waals surface area (Å²) < 4.78 is 0.868. The summed E-state index contributed by atoms with van der Waals surface area (Å²) in [6.45, 7) is 2.12. The highest BCUT2D eigenvalue weighted by molar-refractivity contribution is 9.10. The number of thiazole rings is 1. The summed E-state index contributed by atoms with van der Waals surface area (Å²) in [5.41, 5.74) is 7.42. The van der Waals surface area contributed by atoms with Crippen LogP contribution >= 0.6 is 27.3 Å². The molecule has 4 nitrogen and oxygen atoms in total. The molecule has 90 valence electrons. The minimum atomic E-state index is 0.177. The molecule has 2 rings (SSSR count). The predicted octanol–water partition coefficient (Wildman–Crippen LogP) is 3.45. The number of anilines is 2. The van der Waals surface area contributed by atoms with Crippen molar-refractivity contribution in [3.8, 4) is 0 Å². The summed E-state index contributed by atoms with van der Waals surface area (Å²) in [5.74, 6) is 0. The highest BCUT2D eigenvalue weighted by atomic mass is 79.9. The number of hydrogen-bond donors (Lipinski definition) is 2. The Kier molecular flexibility index (Phi) is 3.96. The van der Waals surface area contributed by atoms with Crippen molar-refractivity contribution in [3.63, 3.8) is 0 Å². The van der Waals surface area contributed by atoms with Gasteiger partial charge in [0, 0.05) is 17.8 Å². The first-order chi connectivity index (χ1) is 8.22. The number of hydrogen-bond acceptors (Lipinski definition) is 5. The van der Waals surface area contributed by atoms with Crippen molar-refractivity contribution in [2.75, 3.05) is 11.1 Å². The number of nitrogens with one attached hydrogen (secondary N) is 1. The van der Waals surface area contributed by atoms with Gasteiger partial charge in [-0.2, -0.15) is 0 Å². The first-order valence-electron chi connectivity index (χ1n) is 5.27. The van der Waals surface area contributed by atoms with Gasteiger partial charge in [-0.1, -0.05) is 6.92 Å². The number of nitrogens with zero attached hydrogens (tertiary/aromatic N) is 2. The Hall–Kier alpha value is -1.14. The lowest BCUT2D eigenvalue weighted by Crippen LogP contribution is -2.11. The molecule has 6 heteroatoms. The summed E-state index contributed by atoms with van der Waals surface area (Å²) >= 11 is 5.09. The van der Waals surface area contributed by atoms with E-state index in [9.17, 15) is 0 Å². The number of halogens is 1. The molecule has 2 aromatic rings. The van der Waals surface area contributed by atoms with Crippen LogP contribution in [0.25, 0.3) is 0 Å². The van der Waals surface area contributed by atoms with Gasteiger partial charge in [-0.05, 0) is 22.4 Å². The third-order valence-electron chi connectivity index (χ3n) is 2.41. The van der Waals surface area contributed by atoms with Gasteiger partial charge < -0.3 is 11.1 Å². The molecule has 0 fully saturated rings. The standard InChI is InChI=1S/C11H13BrN4S/c1-2-9(11-15-3-4-17-11)16-10-7(12)5-14-6-8(10)13/h3-6,9H,2,13H2,1H3,(H,14,16). The van der Waals surface area contributed by atoms with Crippen LogP contribution < -0.4 is 11.1 Å². The highest BCUT2D eigenvalue weighted by Crippen LogP contribution is 2.32. The molecule has 2 heterocycles. The van der Waals surface area contributed by atoms with E-state index in [0.717, 1.165) is 21.6 Å². The summed E-state index contributed by atoms with van der Waals surface area (Å²) in [6, 6.07) is 0.177. The lowest BCUT2D eigenvalue weighted by atomic mass is 10.2. The van der Waals surface area contributed by atoms with Gasteiger partial charge in [0.15, 0.2) is 0 Å². The monoisotopic (exact) mass is 312 g/mol. The summed E-state index contributed by atoms with van der Waals surface area (Å²) in [6.07, 6.45) is 6.13. The minimum Gasteiger partial charge on any atom is -0.396 e. The highest BCUT2D eigenvalue weighted by Gasteiger charge is 2.14. The lowest BCUT2D eigenvalue weighted by Gasteiger charge is -2.18. The molecule has 1 unspecified atom stereocenters. The molecule has 0 radical (unpaired) electrons. The second-order valence-corrected chi connectivity index (χ2v) is 5.34. The lowest BCUT2D eigenvalue weighted by molar-refractivity contribution is 0.742. The third kappa shape index (κ3) is 2.76. The second-order valence-electron chi connectivity index (χ2n) is 3.56. The van der Waals surface area contributed by atoms with Crippen LogP contribution in [0.5, 0.6) is 0 Å². The van der Waals surface area contributed by atoms with Crippen molar-refractivity contribution >= 4 is 38.6 Å². The molecule has 0 amide bonds. The van der Waals surface area contributed by atoms with Crippen LogP contribution in [0, 0.1) is 0 Å². The van der Waals surface area contributed by atoms with Crippen molar-refractivity contribution in [3.05, 3.63) is 33.5 Å².